The number of nitrogens with one attached hydrogen (secondary N) is 1. The Balaban J connectivity index is 1.48. The maximum atomic E-state index is 14.8. The molecular formula is C28H31F8N3O. The largest absolute Gasteiger partial charge is 0.416 e. The number of carbonyl (C=O) groups is 1. The molecule has 1 saturated carbocycles. The number of halogens is 8. The fourth-order valence-corrected chi connectivity index (χ4v) is 5.68. The summed E-state index contributed by atoms with van der Waals surface area (Å²) in [7, 11) is 0. The Kier molecular flexibility index (Phi) is 9.39. The molecule has 12 heteroatoms. The minimum absolute atomic E-state index is 0.00858. The molecule has 0 aromatic heterocycles. The van der Waals surface area contributed by atoms with Crippen molar-refractivity contribution in [1.29, 1.82) is 0 Å². The summed E-state index contributed by atoms with van der Waals surface area (Å²) in [5.74, 6) is -2.47. The van der Waals surface area contributed by atoms with E-state index in [9.17, 15) is 39.9 Å². The van der Waals surface area contributed by atoms with E-state index in [2.05, 4.69) is 10.2 Å². The molecule has 0 bridgehead atoms. The third-order valence-electron chi connectivity index (χ3n) is 7.72. The van der Waals surface area contributed by atoms with Crippen LogP contribution in [0, 0.1) is 11.6 Å². The molecule has 2 aromatic carbocycles. The average Bonchev–Trinajstić information content (AvgIpc) is 2.90. The monoisotopic (exact) mass is 577 g/mol. The summed E-state index contributed by atoms with van der Waals surface area (Å²) < 4.78 is 109. The zero-order chi connectivity index (χ0) is 29.1. The second-order valence-electron chi connectivity index (χ2n) is 10.4. The molecule has 1 aliphatic heterocycles. The number of carbonyl (C=O) groups excluding carboxylic acids is 1. The topological polar surface area (TPSA) is 35.6 Å². The van der Waals surface area contributed by atoms with Gasteiger partial charge in [0.2, 0.25) is 5.91 Å². The number of amides is 1. The van der Waals surface area contributed by atoms with E-state index in [-0.39, 0.29) is 18.2 Å². The minimum Gasteiger partial charge on any atom is -0.354 e. The number of piperazine rings is 1. The fraction of sp³-hybridized carbons (Fsp3) is 0.536. The highest BCUT2D eigenvalue weighted by Crippen LogP contribution is 2.36. The lowest BCUT2D eigenvalue weighted by atomic mass is 9.93. The second kappa shape index (κ2) is 12.4. The number of benzene rings is 2. The maximum absolute atomic E-state index is 14.8. The minimum atomic E-state index is -5.04. The SMILES string of the molecule is O=C(Cc1cc(C(F)(F)F)cc(C(F)(F)F)c1)NCC(c1c(F)cccc1F)N1CCN(C2CCCCC2)CC1. The number of alkyl halides is 6. The molecule has 1 saturated heterocycles. The Bertz CT molecular complexity index is 1120. The van der Waals surface area contributed by atoms with Gasteiger partial charge in [-0.15, -0.1) is 0 Å². The van der Waals surface area contributed by atoms with Crippen LogP contribution in [0.25, 0.3) is 0 Å². The van der Waals surface area contributed by atoms with Gasteiger partial charge in [-0.3, -0.25) is 14.6 Å². The van der Waals surface area contributed by atoms with Crippen molar-refractivity contribution < 1.29 is 39.9 Å². The molecule has 220 valence electrons. The highest BCUT2D eigenvalue weighted by molar-refractivity contribution is 5.78. The van der Waals surface area contributed by atoms with Crippen molar-refractivity contribution in [3.63, 3.8) is 0 Å². The molecule has 1 N–H and O–H groups in total. The molecule has 1 atom stereocenters. The van der Waals surface area contributed by atoms with Gasteiger partial charge >= 0.3 is 12.4 Å². The molecule has 1 aliphatic carbocycles. The molecule has 4 nitrogen and oxygen atoms in total. The van der Waals surface area contributed by atoms with Gasteiger partial charge in [0.05, 0.1) is 23.6 Å². The lowest BCUT2D eigenvalue weighted by Crippen LogP contribution is -2.53. The van der Waals surface area contributed by atoms with Crippen LogP contribution in [0.4, 0.5) is 35.1 Å². The summed E-state index contributed by atoms with van der Waals surface area (Å²) in [5, 5.41) is 2.48. The Hall–Kier alpha value is -2.73. The van der Waals surface area contributed by atoms with Gasteiger partial charge < -0.3 is 5.32 Å². The van der Waals surface area contributed by atoms with Gasteiger partial charge in [0.15, 0.2) is 0 Å². The van der Waals surface area contributed by atoms with Gasteiger partial charge in [-0.1, -0.05) is 25.3 Å². The fourth-order valence-electron chi connectivity index (χ4n) is 5.68. The van der Waals surface area contributed by atoms with Gasteiger partial charge in [0, 0.05) is 44.3 Å². The summed E-state index contributed by atoms with van der Waals surface area (Å²) in [5.41, 5.74) is -3.76. The molecule has 4 rings (SSSR count). The van der Waals surface area contributed by atoms with E-state index in [1.54, 1.807) is 0 Å². The molecule has 40 heavy (non-hydrogen) atoms. The van der Waals surface area contributed by atoms with Gasteiger partial charge in [0.25, 0.3) is 0 Å². The molecular weight excluding hydrogens is 546 g/mol. The van der Waals surface area contributed by atoms with Crippen molar-refractivity contribution in [1.82, 2.24) is 15.1 Å². The van der Waals surface area contributed by atoms with Crippen LogP contribution < -0.4 is 5.32 Å². The van der Waals surface area contributed by atoms with E-state index in [0.29, 0.717) is 44.4 Å². The first-order valence-electron chi connectivity index (χ1n) is 13.3. The molecule has 1 amide bonds. The molecule has 0 radical (unpaired) electrons. The zero-order valence-electron chi connectivity index (χ0n) is 21.7. The molecule has 0 spiro atoms. The second-order valence-corrected chi connectivity index (χ2v) is 10.4. The number of rotatable bonds is 7. The summed E-state index contributed by atoms with van der Waals surface area (Å²) in [6.45, 7) is 2.04. The first-order chi connectivity index (χ1) is 18.8. The third kappa shape index (κ3) is 7.51. The van der Waals surface area contributed by atoms with Crippen LogP contribution in [-0.4, -0.2) is 54.5 Å². The molecule has 2 aliphatic rings. The van der Waals surface area contributed by atoms with Crippen molar-refractivity contribution in [2.75, 3.05) is 32.7 Å². The van der Waals surface area contributed by atoms with E-state index in [1.807, 2.05) is 4.90 Å². The van der Waals surface area contributed by atoms with Crippen molar-refractivity contribution >= 4 is 5.91 Å². The lowest BCUT2D eigenvalue weighted by Gasteiger charge is -2.43. The Morgan fingerprint density at radius 3 is 1.93 bits per heavy atom. The van der Waals surface area contributed by atoms with Crippen molar-refractivity contribution in [3.05, 3.63) is 70.3 Å². The van der Waals surface area contributed by atoms with Crippen molar-refractivity contribution in [3.8, 4) is 0 Å². The van der Waals surface area contributed by atoms with Crippen LogP contribution in [0.3, 0.4) is 0 Å². The molecule has 2 aromatic rings. The molecule has 1 heterocycles. The summed E-state index contributed by atoms with van der Waals surface area (Å²) in [4.78, 5) is 16.9. The normalized spacial score (nSPS) is 19.0. The summed E-state index contributed by atoms with van der Waals surface area (Å²) in [6.07, 6.45) is -5.11. The van der Waals surface area contributed by atoms with E-state index in [1.165, 1.54) is 12.5 Å². The Morgan fingerprint density at radius 2 is 1.40 bits per heavy atom. The summed E-state index contributed by atoms with van der Waals surface area (Å²) >= 11 is 0. The Morgan fingerprint density at radius 1 is 0.850 bits per heavy atom. The number of hydrogen-bond acceptors (Lipinski definition) is 3. The van der Waals surface area contributed by atoms with E-state index in [0.717, 1.165) is 37.8 Å². The van der Waals surface area contributed by atoms with Crippen molar-refractivity contribution in [2.45, 2.75) is 63.0 Å². The predicted molar refractivity (Wildman–Crippen MR) is 132 cm³/mol. The van der Waals surface area contributed by atoms with Crippen LogP contribution in [0.2, 0.25) is 0 Å². The molecule has 1 unspecified atom stereocenters. The highest BCUT2D eigenvalue weighted by atomic mass is 19.4. The first kappa shape index (κ1) is 30.2. The van der Waals surface area contributed by atoms with Crippen LogP contribution in [0.1, 0.15) is 60.4 Å². The predicted octanol–water partition coefficient (Wildman–Crippen LogP) is 6.35. The van der Waals surface area contributed by atoms with Gasteiger partial charge in [-0.25, -0.2) is 8.78 Å². The molecule has 2 fully saturated rings. The lowest BCUT2D eigenvalue weighted by molar-refractivity contribution is -0.143. The number of nitrogens with zero attached hydrogens (tertiary/aromatic N) is 2. The Labute approximate surface area is 227 Å². The van der Waals surface area contributed by atoms with E-state index >= 15 is 0 Å². The highest BCUT2D eigenvalue weighted by Gasteiger charge is 2.37. The van der Waals surface area contributed by atoms with E-state index < -0.39 is 59.0 Å². The quantitative estimate of drug-likeness (QED) is 0.390. The average molecular weight is 578 g/mol. The standard InChI is InChI=1S/C28H31F8N3O/c29-22-7-4-8-23(30)26(22)24(39-11-9-38(10-12-39)21-5-2-1-3-6-21)17-37-25(40)15-18-13-19(27(31,32)33)16-20(14-18)28(34,35)36/h4,7-8,13-14,16,21,24H,1-3,5-6,9-12,15,17H2,(H,37,40). The zero-order valence-corrected chi connectivity index (χ0v) is 21.7. The number of hydrogen-bond donors (Lipinski definition) is 1. The smallest absolute Gasteiger partial charge is 0.354 e. The van der Waals surface area contributed by atoms with Crippen LogP contribution >= 0.6 is 0 Å². The van der Waals surface area contributed by atoms with Gasteiger partial charge in [0.1, 0.15) is 11.6 Å². The van der Waals surface area contributed by atoms with Gasteiger partial charge in [-0.05, 0) is 48.7 Å². The van der Waals surface area contributed by atoms with Crippen LogP contribution in [0.15, 0.2) is 36.4 Å². The maximum Gasteiger partial charge on any atom is 0.416 e. The third-order valence-corrected chi connectivity index (χ3v) is 7.72. The first-order valence-corrected chi connectivity index (χ1v) is 13.3. The van der Waals surface area contributed by atoms with Crippen molar-refractivity contribution in [2.24, 2.45) is 0 Å². The van der Waals surface area contributed by atoms with Gasteiger partial charge in [-0.2, -0.15) is 26.3 Å². The van der Waals surface area contributed by atoms with Crippen LogP contribution in [-0.2, 0) is 23.6 Å². The van der Waals surface area contributed by atoms with E-state index in [4.69, 9.17) is 0 Å². The summed E-state index contributed by atoms with van der Waals surface area (Å²) in [6, 6.07) is 3.96. The van der Waals surface area contributed by atoms with Crippen LogP contribution in [0.5, 0.6) is 0 Å².